The number of nitrogens with one attached hydrogen (secondary N) is 3. The molecule has 2 heterocycles. The molecule has 0 spiro atoms. The maximum atomic E-state index is 11.3. The van der Waals surface area contributed by atoms with Gasteiger partial charge in [0.25, 0.3) is 5.56 Å². The predicted molar refractivity (Wildman–Crippen MR) is 62.6 cm³/mol. The van der Waals surface area contributed by atoms with E-state index in [1.807, 2.05) is 22.6 Å². The average molecular weight is 320 g/mol. The van der Waals surface area contributed by atoms with Gasteiger partial charge in [0.15, 0.2) is 0 Å². The first-order valence-electron chi connectivity index (χ1n) is 4.43. The molecule has 0 aliphatic carbocycles. The number of nitrogens with zero attached hydrogens (tertiary/aromatic N) is 1. The summed E-state index contributed by atoms with van der Waals surface area (Å²) in [6.07, 6.45) is 1.77. The Morgan fingerprint density at radius 2 is 2.33 bits per heavy atom. The van der Waals surface area contributed by atoms with Crippen LogP contribution in [0.3, 0.4) is 0 Å². The van der Waals surface area contributed by atoms with Crippen LogP contribution in [-0.4, -0.2) is 28.5 Å². The van der Waals surface area contributed by atoms with Gasteiger partial charge in [-0.25, -0.2) is 4.98 Å². The summed E-state index contributed by atoms with van der Waals surface area (Å²) >= 11 is 1.92. The van der Waals surface area contributed by atoms with Crippen molar-refractivity contribution in [3.63, 3.8) is 0 Å². The highest BCUT2D eigenvalue weighted by atomic mass is 127. The highest BCUT2D eigenvalue weighted by Crippen LogP contribution is 2.12. The number of aromatic nitrogens is 2. The number of halogens is 1. The Kier molecular flexibility index (Phi) is 2.89. The quantitative estimate of drug-likeness (QED) is 0.652. The Balaban J connectivity index is 2.14. The van der Waals surface area contributed by atoms with Crippen molar-refractivity contribution in [2.45, 2.75) is 12.5 Å². The van der Waals surface area contributed by atoms with Crippen molar-refractivity contribution in [1.29, 1.82) is 0 Å². The molecular weight excluding hydrogens is 311 g/mol. The number of rotatable bonds is 2. The lowest BCUT2D eigenvalue weighted by molar-refractivity contribution is -0.119. The number of amides is 1. The van der Waals surface area contributed by atoms with Crippen LogP contribution in [0.15, 0.2) is 11.1 Å². The van der Waals surface area contributed by atoms with Crippen LogP contribution in [0.1, 0.15) is 6.42 Å². The van der Waals surface area contributed by atoms with Crippen molar-refractivity contribution < 1.29 is 4.79 Å². The lowest BCUT2D eigenvalue weighted by Crippen LogP contribution is -2.25. The van der Waals surface area contributed by atoms with Gasteiger partial charge >= 0.3 is 0 Å². The highest BCUT2D eigenvalue weighted by Gasteiger charge is 2.22. The molecule has 1 atom stereocenters. The fourth-order valence-electron chi connectivity index (χ4n) is 1.38. The van der Waals surface area contributed by atoms with Crippen molar-refractivity contribution in [3.05, 3.63) is 20.3 Å². The minimum Gasteiger partial charge on any atom is -0.364 e. The molecule has 1 aliphatic heterocycles. The van der Waals surface area contributed by atoms with E-state index in [2.05, 4.69) is 20.6 Å². The molecule has 3 N–H and O–H groups in total. The van der Waals surface area contributed by atoms with Crippen LogP contribution >= 0.6 is 22.6 Å². The summed E-state index contributed by atoms with van der Waals surface area (Å²) in [4.78, 5) is 28.7. The number of carbonyl (C=O) groups excluding carboxylic acids is 1. The van der Waals surface area contributed by atoms with E-state index < -0.39 is 0 Å². The molecule has 0 saturated carbocycles. The Bertz CT molecular complexity index is 445. The van der Waals surface area contributed by atoms with Gasteiger partial charge in [-0.05, 0) is 22.6 Å². The van der Waals surface area contributed by atoms with Crippen LogP contribution in [0.2, 0.25) is 0 Å². The maximum Gasteiger partial charge on any atom is 0.266 e. The predicted octanol–water partition coefficient (Wildman–Crippen LogP) is -0.325. The molecule has 2 rings (SSSR count). The summed E-state index contributed by atoms with van der Waals surface area (Å²) in [7, 11) is 0. The van der Waals surface area contributed by atoms with Gasteiger partial charge in [-0.15, -0.1) is 0 Å². The maximum absolute atomic E-state index is 11.3. The minimum atomic E-state index is -0.176. The lowest BCUT2D eigenvalue weighted by atomic mass is 10.2. The number of anilines is 1. The van der Waals surface area contributed by atoms with E-state index in [1.54, 1.807) is 0 Å². The second kappa shape index (κ2) is 4.17. The molecule has 1 saturated heterocycles. The molecule has 6 nitrogen and oxygen atoms in total. The van der Waals surface area contributed by atoms with E-state index in [1.165, 1.54) is 6.33 Å². The van der Waals surface area contributed by atoms with E-state index >= 15 is 0 Å². The number of aromatic amines is 1. The van der Waals surface area contributed by atoms with Crippen LogP contribution in [0.5, 0.6) is 0 Å². The molecule has 1 aromatic heterocycles. The number of carbonyl (C=O) groups is 1. The third-order valence-electron chi connectivity index (χ3n) is 2.11. The zero-order chi connectivity index (χ0) is 10.8. The van der Waals surface area contributed by atoms with Gasteiger partial charge in [0, 0.05) is 13.0 Å². The average Bonchev–Trinajstić information content (AvgIpc) is 2.59. The molecular formula is C8H9IN4O2. The van der Waals surface area contributed by atoms with E-state index in [9.17, 15) is 9.59 Å². The summed E-state index contributed by atoms with van der Waals surface area (Å²) in [5.74, 6) is 0.549. The molecule has 15 heavy (non-hydrogen) atoms. The monoisotopic (exact) mass is 320 g/mol. The van der Waals surface area contributed by atoms with Crippen LogP contribution in [0.4, 0.5) is 5.82 Å². The zero-order valence-electron chi connectivity index (χ0n) is 7.71. The SMILES string of the molecule is O=C1CC(Nc2nc[nH]c(=O)c2I)CN1. The van der Waals surface area contributed by atoms with E-state index in [4.69, 9.17) is 0 Å². The van der Waals surface area contributed by atoms with Crippen molar-refractivity contribution in [1.82, 2.24) is 15.3 Å². The number of H-pyrrole nitrogens is 1. The number of hydrogen-bond donors (Lipinski definition) is 3. The molecule has 1 aliphatic rings. The van der Waals surface area contributed by atoms with E-state index in [-0.39, 0.29) is 17.5 Å². The van der Waals surface area contributed by atoms with E-state index in [0.717, 1.165) is 0 Å². The number of hydrogen-bond acceptors (Lipinski definition) is 4. The molecule has 0 aromatic carbocycles. The Hall–Kier alpha value is -1.12. The summed E-state index contributed by atoms with van der Waals surface area (Å²) in [6, 6.07) is 0.0142. The van der Waals surface area contributed by atoms with Crippen LogP contribution in [0.25, 0.3) is 0 Å². The topological polar surface area (TPSA) is 86.9 Å². The van der Waals surface area contributed by atoms with Crippen molar-refractivity contribution >= 4 is 34.3 Å². The Labute approximate surface area is 99.0 Å². The van der Waals surface area contributed by atoms with Crippen LogP contribution < -0.4 is 16.2 Å². The first-order valence-corrected chi connectivity index (χ1v) is 5.51. The van der Waals surface area contributed by atoms with Gasteiger partial charge in [-0.2, -0.15) is 0 Å². The largest absolute Gasteiger partial charge is 0.364 e. The molecule has 1 amide bonds. The fraction of sp³-hybridized carbons (Fsp3) is 0.375. The van der Waals surface area contributed by atoms with Gasteiger partial charge in [0.05, 0.1) is 12.4 Å². The van der Waals surface area contributed by atoms with Gasteiger partial charge in [-0.3, -0.25) is 9.59 Å². The highest BCUT2D eigenvalue weighted by molar-refractivity contribution is 14.1. The fourth-order valence-corrected chi connectivity index (χ4v) is 1.83. The van der Waals surface area contributed by atoms with Crippen molar-refractivity contribution in [2.75, 3.05) is 11.9 Å². The molecule has 0 radical (unpaired) electrons. The summed E-state index contributed by atoms with van der Waals surface area (Å²) in [5, 5.41) is 5.76. The second-order valence-electron chi connectivity index (χ2n) is 3.24. The third kappa shape index (κ3) is 2.28. The molecule has 1 fully saturated rings. The van der Waals surface area contributed by atoms with Gasteiger partial charge in [0.2, 0.25) is 5.91 Å². The van der Waals surface area contributed by atoms with Crippen LogP contribution in [0, 0.1) is 3.57 Å². The normalized spacial score (nSPS) is 20.1. The molecule has 1 unspecified atom stereocenters. The molecule has 0 bridgehead atoms. The van der Waals surface area contributed by atoms with Crippen LogP contribution in [-0.2, 0) is 4.79 Å². The second-order valence-corrected chi connectivity index (χ2v) is 4.32. The summed E-state index contributed by atoms with van der Waals surface area (Å²) in [6.45, 7) is 0.573. The molecule has 7 heteroatoms. The van der Waals surface area contributed by atoms with Gasteiger partial charge in [-0.1, -0.05) is 0 Å². The first-order chi connectivity index (χ1) is 7.16. The van der Waals surface area contributed by atoms with Crippen molar-refractivity contribution in [3.8, 4) is 0 Å². The van der Waals surface area contributed by atoms with E-state index in [0.29, 0.717) is 22.4 Å². The van der Waals surface area contributed by atoms with Gasteiger partial charge in [0.1, 0.15) is 9.39 Å². The summed E-state index contributed by atoms with van der Waals surface area (Å²) < 4.78 is 0.509. The lowest BCUT2D eigenvalue weighted by Gasteiger charge is -2.11. The Morgan fingerprint density at radius 3 is 3.00 bits per heavy atom. The Morgan fingerprint density at radius 1 is 1.53 bits per heavy atom. The van der Waals surface area contributed by atoms with Gasteiger partial charge < -0.3 is 15.6 Å². The summed E-state index contributed by atoms with van der Waals surface area (Å²) in [5.41, 5.74) is -0.176. The zero-order valence-corrected chi connectivity index (χ0v) is 9.87. The standard InChI is InChI=1S/C8H9IN4O2/c9-6-7(11-3-12-8(6)15)13-4-1-5(14)10-2-4/h3-4H,1-2H2,(H,10,14)(H2,11,12,13,15). The minimum absolute atomic E-state index is 0.0142. The molecule has 1 aromatic rings. The third-order valence-corrected chi connectivity index (χ3v) is 3.12. The molecule has 80 valence electrons. The van der Waals surface area contributed by atoms with Crippen molar-refractivity contribution in [2.24, 2.45) is 0 Å². The first kappa shape index (κ1) is 10.4. The smallest absolute Gasteiger partial charge is 0.266 e.